The van der Waals surface area contributed by atoms with Crippen molar-refractivity contribution >= 4 is 40.5 Å². The minimum absolute atomic E-state index is 0.0567. The summed E-state index contributed by atoms with van der Waals surface area (Å²) in [6, 6.07) is 10.8. The summed E-state index contributed by atoms with van der Waals surface area (Å²) in [5, 5.41) is 19.9. The van der Waals surface area contributed by atoms with Gasteiger partial charge in [0.15, 0.2) is 5.69 Å². The summed E-state index contributed by atoms with van der Waals surface area (Å²) in [6.45, 7) is 0.968. The summed E-state index contributed by atoms with van der Waals surface area (Å²) in [6.07, 6.45) is 0. The van der Waals surface area contributed by atoms with Gasteiger partial charge in [0, 0.05) is 36.5 Å². The second kappa shape index (κ2) is 6.64. The molecule has 0 unspecified atom stereocenters. The van der Waals surface area contributed by atoms with E-state index in [2.05, 4.69) is 10.2 Å². The molecular weight excluding hydrogens is 393 g/mol. The lowest BCUT2D eigenvalue weighted by molar-refractivity contribution is -0.384. The predicted molar refractivity (Wildman–Crippen MR) is 102 cm³/mol. The first-order valence-corrected chi connectivity index (χ1v) is 8.66. The van der Waals surface area contributed by atoms with Gasteiger partial charge in [0.1, 0.15) is 0 Å². The Balaban J connectivity index is 1.73. The third kappa shape index (κ3) is 3.02. The van der Waals surface area contributed by atoms with Crippen LogP contribution in [0.3, 0.4) is 0 Å². The number of hydrogen-bond acceptors (Lipinski definition) is 6. The summed E-state index contributed by atoms with van der Waals surface area (Å²) < 4.78 is 1.52. The van der Waals surface area contributed by atoms with Gasteiger partial charge in [-0.05, 0) is 30.3 Å². The average Bonchev–Trinajstić information content (AvgIpc) is 3.09. The number of fused-ring (bicyclic) bond motifs is 1. The minimum atomic E-state index is -0.500. The van der Waals surface area contributed by atoms with E-state index in [1.54, 1.807) is 18.2 Å². The van der Waals surface area contributed by atoms with Crippen molar-refractivity contribution < 1.29 is 4.92 Å². The Morgan fingerprint density at radius 2 is 1.74 bits per heavy atom. The molecule has 4 rings (SSSR count). The van der Waals surface area contributed by atoms with Crippen LogP contribution in [0, 0.1) is 10.1 Å². The fraction of sp³-hybridized carbons (Fsp3) is 0.118. The predicted octanol–water partition coefficient (Wildman–Crippen LogP) is 3.67. The standard InChI is InChI=1S/C17H11Cl2N5O3/c18-13-6-5-12(9-14(13)19)22-7-8-23-16(25)15(20-21-17(22)23)10-1-3-11(4-2-10)24(26)27/h1-6,9H,7-8H2. The van der Waals surface area contributed by atoms with E-state index in [9.17, 15) is 14.9 Å². The van der Waals surface area contributed by atoms with Crippen molar-refractivity contribution in [3.8, 4) is 11.3 Å². The first-order chi connectivity index (χ1) is 13.0. The highest BCUT2D eigenvalue weighted by Crippen LogP contribution is 2.32. The number of halogens is 2. The minimum Gasteiger partial charge on any atom is -0.309 e. The molecule has 27 heavy (non-hydrogen) atoms. The molecule has 0 atom stereocenters. The Labute approximate surface area is 162 Å². The number of non-ortho nitro benzene ring substituents is 1. The second-order valence-corrected chi connectivity index (χ2v) is 6.67. The van der Waals surface area contributed by atoms with Crippen molar-refractivity contribution in [3.05, 3.63) is 73.0 Å². The van der Waals surface area contributed by atoms with Gasteiger partial charge in [-0.15, -0.1) is 10.2 Å². The summed E-state index contributed by atoms with van der Waals surface area (Å²) in [4.78, 5) is 24.9. The number of nitro benzene ring substituents is 1. The molecule has 1 aliphatic heterocycles. The maximum absolute atomic E-state index is 12.8. The topological polar surface area (TPSA) is 94.2 Å². The normalized spacial score (nSPS) is 12.9. The number of nitro groups is 1. The molecule has 1 aromatic heterocycles. The molecule has 0 bridgehead atoms. The molecule has 0 radical (unpaired) electrons. The van der Waals surface area contributed by atoms with Crippen molar-refractivity contribution in [2.45, 2.75) is 6.54 Å². The Morgan fingerprint density at radius 1 is 1.00 bits per heavy atom. The van der Waals surface area contributed by atoms with E-state index in [1.807, 2.05) is 4.90 Å². The molecule has 0 N–H and O–H groups in total. The van der Waals surface area contributed by atoms with Crippen molar-refractivity contribution in [3.63, 3.8) is 0 Å². The van der Waals surface area contributed by atoms with Gasteiger partial charge in [-0.1, -0.05) is 23.2 Å². The van der Waals surface area contributed by atoms with E-state index in [0.717, 1.165) is 5.69 Å². The Morgan fingerprint density at radius 3 is 2.41 bits per heavy atom. The van der Waals surface area contributed by atoms with Crippen LogP contribution in [0.25, 0.3) is 11.3 Å². The summed E-state index contributed by atoms with van der Waals surface area (Å²) in [7, 11) is 0. The van der Waals surface area contributed by atoms with Crippen LogP contribution >= 0.6 is 23.2 Å². The van der Waals surface area contributed by atoms with Gasteiger partial charge in [0.05, 0.1) is 15.0 Å². The van der Waals surface area contributed by atoms with Crippen LogP contribution in [0.5, 0.6) is 0 Å². The van der Waals surface area contributed by atoms with Gasteiger partial charge in [0.25, 0.3) is 11.2 Å². The molecule has 2 heterocycles. The lowest BCUT2D eigenvalue weighted by Gasteiger charge is -2.17. The third-order valence-corrected chi connectivity index (χ3v) is 5.02. The quantitative estimate of drug-likeness (QED) is 0.488. The van der Waals surface area contributed by atoms with Crippen molar-refractivity contribution in [2.75, 3.05) is 11.4 Å². The van der Waals surface area contributed by atoms with E-state index in [4.69, 9.17) is 23.2 Å². The summed E-state index contributed by atoms with van der Waals surface area (Å²) in [5.74, 6) is 0.407. The highest BCUT2D eigenvalue weighted by molar-refractivity contribution is 6.42. The van der Waals surface area contributed by atoms with Crippen LogP contribution in [-0.2, 0) is 6.54 Å². The summed E-state index contributed by atoms with van der Waals surface area (Å²) >= 11 is 12.0. The smallest absolute Gasteiger partial charge is 0.281 e. The van der Waals surface area contributed by atoms with Crippen LogP contribution in [-0.4, -0.2) is 26.2 Å². The number of benzene rings is 2. The van der Waals surface area contributed by atoms with Crippen molar-refractivity contribution in [1.82, 2.24) is 14.8 Å². The molecule has 1 aliphatic rings. The highest BCUT2D eigenvalue weighted by atomic mass is 35.5. The van der Waals surface area contributed by atoms with Gasteiger partial charge in [-0.25, -0.2) is 0 Å². The van der Waals surface area contributed by atoms with Crippen LogP contribution in [0.2, 0.25) is 10.0 Å². The first-order valence-electron chi connectivity index (χ1n) is 7.90. The van der Waals surface area contributed by atoms with E-state index in [-0.39, 0.29) is 16.9 Å². The van der Waals surface area contributed by atoms with E-state index in [0.29, 0.717) is 34.6 Å². The van der Waals surface area contributed by atoms with Gasteiger partial charge < -0.3 is 4.90 Å². The van der Waals surface area contributed by atoms with Gasteiger partial charge >= 0.3 is 0 Å². The molecule has 8 nitrogen and oxygen atoms in total. The molecule has 0 spiro atoms. The molecule has 0 fully saturated rings. The van der Waals surface area contributed by atoms with E-state index >= 15 is 0 Å². The molecule has 0 aliphatic carbocycles. The lowest BCUT2D eigenvalue weighted by Crippen LogP contribution is -2.23. The number of hydrogen-bond donors (Lipinski definition) is 0. The molecular formula is C17H11Cl2N5O3. The summed E-state index contributed by atoms with van der Waals surface area (Å²) in [5.41, 5.74) is 1.01. The first kappa shape index (κ1) is 17.4. The fourth-order valence-electron chi connectivity index (χ4n) is 2.93. The number of rotatable bonds is 3. The SMILES string of the molecule is O=c1c(-c2ccc([N+](=O)[O-])cc2)nnc2n1CCN2c1ccc(Cl)c(Cl)c1. The van der Waals surface area contributed by atoms with E-state index in [1.165, 1.54) is 28.8 Å². The molecule has 10 heteroatoms. The third-order valence-electron chi connectivity index (χ3n) is 4.28. The van der Waals surface area contributed by atoms with Gasteiger partial charge in [0.2, 0.25) is 5.95 Å². The van der Waals surface area contributed by atoms with Crippen LogP contribution in [0.4, 0.5) is 17.3 Å². The maximum Gasteiger partial charge on any atom is 0.281 e. The highest BCUT2D eigenvalue weighted by Gasteiger charge is 2.26. The van der Waals surface area contributed by atoms with Crippen LogP contribution in [0.15, 0.2) is 47.3 Å². The number of nitrogens with zero attached hydrogens (tertiary/aromatic N) is 5. The van der Waals surface area contributed by atoms with Crippen molar-refractivity contribution in [2.24, 2.45) is 0 Å². The fourth-order valence-corrected chi connectivity index (χ4v) is 3.22. The van der Waals surface area contributed by atoms with E-state index < -0.39 is 4.92 Å². The Bertz CT molecular complexity index is 1110. The molecule has 2 aromatic carbocycles. The largest absolute Gasteiger partial charge is 0.309 e. The van der Waals surface area contributed by atoms with Crippen LogP contribution < -0.4 is 10.5 Å². The molecule has 136 valence electrons. The number of anilines is 2. The zero-order valence-corrected chi connectivity index (χ0v) is 15.2. The van der Waals surface area contributed by atoms with Crippen molar-refractivity contribution in [1.29, 1.82) is 0 Å². The zero-order chi connectivity index (χ0) is 19.1. The Kier molecular flexibility index (Phi) is 4.29. The second-order valence-electron chi connectivity index (χ2n) is 5.86. The van der Waals surface area contributed by atoms with Gasteiger partial charge in [-0.3, -0.25) is 19.5 Å². The lowest BCUT2D eigenvalue weighted by atomic mass is 10.1. The monoisotopic (exact) mass is 403 g/mol. The molecule has 0 amide bonds. The average molecular weight is 404 g/mol. The zero-order valence-electron chi connectivity index (χ0n) is 13.7. The molecule has 0 saturated carbocycles. The molecule has 0 saturated heterocycles. The van der Waals surface area contributed by atoms with Crippen LogP contribution in [0.1, 0.15) is 0 Å². The number of aromatic nitrogens is 3. The maximum atomic E-state index is 12.8. The molecule has 3 aromatic rings. The van der Waals surface area contributed by atoms with Gasteiger partial charge in [-0.2, -0.15) is 0 Å². The Hall–Kier alpha value is -2.97.